The van der Waals surface area contributed by atoms with Gasteiger partial charge >= 0.3 is 10.1 Å². The number of oxime groups is 1. The van der Waals surface area contributed by atoms with Crippen LogP contribution in [0.4, 0.5) is 0 Å². The maximum atomic E-state index is 11.9. The number of hydrogen-bond acceptors (Lipinski definition) is 5. The van der Waals surface area contributed by atoms with Gasteiger partial charge in [-0.3, -0.25) is 4.28 Å². The van der Waals surface area contributed by atoms with Crippen LogP contribution in [0, 0.1) is 11.3 Å². The Morgan fingerprint density at radius 3 is 2.41 bits per heavy atom. The Morgan fingerprint density at radius 2 is 1.82 bits per heavy atom. The molecule has 112 valence electrons. The zero-order valence-electron chi connectivity index (χ0n) is 10.9. The fourth-order valence-electron chi connectivity index (χ4n) is 1.53. The van der Waals surface area contributed by atoms with Crippen LogP contribution in [0.15, 0.2) is 58.6 Å². The van der Waals surface area contributed by atoms with Crippen LogP contribution in [0.3, 0.4) is 0 Å². The largest absolute Gasteiger partial charge is 0.358 e. The molecule has 2 aromatic rings. The van der Waals surface area contributed by atoms with Crippen molar-refractivity contribution in [2.45, 2.75) is 4.90 Å². The quantitative estimate of drug-likeness (QED) is 0.620. The number of rotatable bonds is 4. The van der Waals surface area contributed by atoms with Crippen molar-refractivity contribution in [1.29, 1.82) is 5.26 Å². The molecule has 0 heterocycles. The molecule has 22 heavy (non-hydrogen) atoms. The summed E-state index contributed by atoms with van der Waals surface area (Å²) in [4.78, 5) is -0.0711. The van der Waals surface area contributed by atoms with Crippen molar-refractivity contribution in [1.82, 2.24) is 0 Å². The Hall–Kier alpha value is -2.07. The summed E-state index contributed by atoms with van der Waals surface area (Å²) in [5, 5.41) is 13.0. The third-order valence-electron chi connectivity index (χ3n) is 2.55. The minimum Gasteiger partial charge on any atom is -0.263 e. The molecule has 5 nitrogen and oxygen atoms in total. The molecule has 0 N–H and O–H groups in total. The summed E-state index contributed by atoms with van der Waals surface area (Å²) < 4.78 is 28.4. The van der Waals surface area contributed by atoms with Crippen molar-refractivity contribution >= 4 is 39.0 Å². The standard InChI is InChI=1S/C14H8Cl2N2O3S/c15-10-6-7-12(13(16)8-10)14(9-17)18-21-22(19,20)11-4-2-1-3-5-11/h1-8H/b18-14+. The molecular formula is C14H8Cl2N2O3S. The lowest BCUT2D eigenvalue weighted by Gasteiger charge is -2.04. The SMILES string of the molecule is N#C/C(=N\OS(=O)(=O)c1ccccc1)c1ccc(Cl)cc1Cl. The monoisotopic (exact) mass is 354 g/mol. The second-order valence-corrected chi connectivity index (χ2v) is 6.39. The van der Waals surface area contributed by atoms with Gasteiger partial charge in [-0.1, -0.05) is 46.6 Å². The van der Waals surface area contributed by atoms with Gasteiger partial charge in [0.15, 0.2) is 5.71 Å². The molecule has 0 radical (unpaired) electrons. The molecule has 0 unspecified atom stereocenters. The first-order valence-corrected chi connectivity index (χ1v) is 8.02. The van der Waals surface area contributed by atoms with Crippen LogP contribution < -0.4 is 0 Å². The molecule has 2 rings (SSSR count). The van der Waals surface area contributed by atoms with Crippen molar-refractivity contribution in [3.8, 4) is 6.07 Å². The van der Waals surface area contributed by atoms with E-state index in [0.717, 1.165) is 0 Å². The van der Waals surface area contributed by atoms with Crippen LogP contribution in [0.5, 0.6) is 0 Å². The minimum atomic E-state index is -4.10. The van der Waals surface area contributed by atoms with Crippen LogP contribution in [0.25, 0.3) is 0 Å². The Kier molecular flexibility index (Phi) is 5.03. The molecule has 0 saturated carbocycles. The highest BCUT2D eigenvalue weighted by atomic mass is 35.5. The van der Waals surface area contributed by atoms with E-state index in [1.165, 1.54) is 30.3 Å². The Labute approximate surface area is 137 Å². The van der Waals surface area contributed by atoms with Gasteiger partial charge in [-0.15, -0.1) is 0 Å². The number of nitrogens with zero attached hydrogens (tertiary/aromatic N) is 2. The predicted octanol–water partition coefficient (Wildman–Crippen LogP) is 3.63. The normalized spacial score (nSPS) is 11.8. The third-order valence-corrected chi connectivity index (χ3v) is 4.22. The summed E-state index contributed by atoms with van der Waals surface area (Å²) in [6.45, 7) is 0. The molecule has 8 heteroatoms. The van der Waals surface area contributed by atoms with Crippen LogP contribution >= 0.6 is 23.2 Å². The van der Waals surface area contributed by atoms with E-state index in [-0.39, 0.29) is 21.2 Å². The van der Waals surface area contributed by atoms with Gasteiger partial charge in [0.25, 0.3) is 0 Å². The number of hydrogen-bond donors (Lipinski definition) is 0. The van der Waals surface area contributed by atoms with E-state index in [9.17, 15) is 8.42 Å². The first-order valence-electron chi connectivity index (χ1n) is 5.86. The molecule has 0 aromatic heterocycles. The van der Waals surface area contributed by atoms with Gasteiger partial charge < -0.3 is 0 Å². The van der Waals surface area contributed by atoms with Crippen LogP contribution in [0.2, 0.25) is 10.0 Å². The topological polar surface area (TPSA) is 79.5 Å². The summed E-state index contributed by atoms with van der Waals surface area (Å²) in [7, 11) is -4.10. The average molecular weight is 355 g/mol. The van der Waals surface area contributed by atoms with Gasteiger partial charge in [0.1, 0.15) is 11.0 Å². The van der Waals surface area contributed by atoms with Crippen LogP contribution in [-0.4, -0.2) is 14.1 Å². The fourth-order valence-corrected chi connectivity index (χ4v) is 2.78. The second kappa shape index (κ2) is 6.79. The maximum absolute atomic E-state index is 11.9. The molecule has 0 bridgehead atoms. The van der Waals surface area contributed by atoms with Gasteiger partial charge in [-0.2, -0.15) is 13.7 Å². The van der Waals surface area contributed by atoms with Crippen molar-refractivity contribution in [2.75, 3.05) is 0 Å². The maximum Gasteiger partial charge on any atom is 0.358 e. The summed E-state index contributed by atoms with van der Waals surface area (Å²) in [5.41, 5.74) is -0.0574. The zero-order valence-corrected chi connectivity index (χ0v) is 13.2. The highest BCUT2D eigenvalue weighted by Gasteiger charge is 2.17. The van der Waals surface area contributed by atoms with E-state index < -0.39 is 10.1 Å². The van der Waals surface area contributed by atoms with Gasteiger partial charge in [0, 0.05) is 10.6 Å². The van der Waals surface area contributed by atoms with Crippen molar-refractivity contribution in [2.24, 2.45) is 5.16 Å². The lowest BCUT2D eigenvalue weighted by atomic mass is 10.1. The predicted molar refractivity (Wildman–Crippen MR) is 83.3 cm³/mol. The molecule has 0 amide bonds. The molecule has 0 saturated heterocycles. The van der Waals surface area contributed by atoms with E-state index in [0.29, 0.717) is 5.02 Å². The van der Waals surface area contributed by atoms with Crippen LogP contribution in [-0.2, 0) is 14.4 Å². The number of halogens is 2. The highest BCUT2D eigenvalue weighted by molar-refractivity contribution is 7.86. The molecule has 0 aliphatic rings. The lowest BCUT2D eigenvalue weighted by molar-refractivity contribution is 0.339. The Morgan fingerprint density at radius 1 is 1.14 bits per heavy atom. The zero-order chi connectivity index (χ0) is 16.2. The molecule has 0 aliphatic heterocycles. The summed E-state index contributed by atoms with van der Waals surface area (Å²) in [6.07, 6.45) is 0. The Bertz CT molecular complexity index is 859. The van der Waals surface area contributed by atoms with Crippen molar-refractivity contribution < 1.29 is 12.7 Å². The molecule has 0 spiro atoms. The van der Waals surface area contributed by atoms with Crippen molar-refractivity contribution in [3.05, 3.63) is 64.1 Å². The summed E-state index contributed by atoms with van der Waals surface area (Å²) in [6, 6.07) is 13.6. The van der Waals surface area contributed by atoms with Gasteiger partial charge in [-0.25, -0.2) is 0 Å². The molecule has 0 fully saturated rings. The number of nitriles is 1. The summed E-state index contributed by atoms with van der Waals surface area (Å²) >= 11 is 11.7. The fraction of sp³-hybridized carbons (Fsp3) is 0. The van der Waals surface area contributed by atoms with E-state index in [1.807, 2.05) is 0 Å². The minimum absolute atomic E-state index is 0.0711. The van der Waals surface area contributed by atoms with Crippen molar-refractivity contribution in [3.63, 3.8) is 0 Å². The van der Waals surface area contributed by atoms with Gasteiger partial charge in [0.2, 0.25) is 0 Å². The first kappa shape index (κ1) is 16.3. The molecule has 0 aliphatic carbocycles. The summed E-state index contributed by atoms with van der Waals surface area (Å²) in [5.74, 6) is 0. The lowest BCUT2D eigenvalue weighted by Crippen LogP contribution is -2.06. The average Bonchev–Trinajstić information content (AvgIpc) is 2.50. The molecular weight excluding hydrogens is 347 g/mol. The molecule has 2 aromatic carbocycles. The number of benzene rings is 2. The highest BCUT2D eigenvalue weighted by Crippen LogP contribution is 2.22. The Balaban J connectivity index is 2.33. The van der Waals surface area contributed by atoms with Gasteiger partial charge in [-0.05, 0) is 30.3 Å². The smallest absolute Gasteiger partial charge is 0.263 e. The first-order chi connectivity index (χ1) is 10.4. The van der Waals surface area contributed by atoms with E-state index in [1.54, 1.807) is 24.3 Å². The van der Waals surface area contributed by atoms with E-state index in [4.69, 9.17) is 28.5 Å². The van der Waals surface area contributed by atoms with E-state index in [2.05, 4.69) is 9.44 Å². The van der Waals surface area contributed by atoms with E-state index >= 15 is 0 Å². The molecule has 0 atom stereocenters. The van der Waals surface area contributed by atoms with Crippen LogP contribution in [0.1, 0.15) is 5.56 Å². The third kappa shape index (κ3) is 3.77. The second-order valence-electron chi connectivity index (χ2n) is 4.02. The van der Waals surface area contributed by atoms with Gasteiger partial charge in [0.05, 0.1) is 5.02 Å².